The first-order chi connectivity index (χ1) is 4.74. The summed E-state index contributed by atoms with van der Waals surface area (Å²) in [5.74, 6) is -0.314. The molecule has 1 aliphatic carbocycles. The Bertz CT molecular complexity index is 235. The molecule has 1 aliphatic rings. The lowest BCUT2D eigenvalue weighted by Crippen LogP contribution is -2.08. The van der Waals surface area contributed by atoms with Crippen LogP contribution in [0.5, 0.6) is 0 Å². The Morgan fingerprint density at radius 2 is 2.20 bits per heavy atom. The third-order valence-corrected chi connectivity index (χ3v) is 1.25. The Morgan fingerprint density at radius 1 is 1.50 bits per heavy atom. The summed E-state index contributed by atoms with van der Waals surface area (Å²) in [5.41, 5.74) is 0.123. The molecule has 3 heteroatoms. The average molecular weight is 138 g/mol. The first kappa shape index (κ1) is 6.74. The molecule has 0 saturated heterocycles. The van der Waals surface area contributed by atoms with E-state index in [9.17, 15) is 9.59 Å². The van der Waals surface area contributed by atoms with Crippen LogP contribution in [0.1, 0.15) is 6.42 Å². The van der Waals surface area contributed by atoms with E-state index in [0.29, 0.717) is 6.29 Å². The number of aldehydes is 1. The second-order valence-corrected chi connectivity index (χ2v) is 2.00. The summed E-state index contributed by atoms with van der Waals surface area (Å²) in [4.78, 5) is 20.8. The molecule has 0 amide bonds. The maximum Gasteiger partial charge on any atom is 0.173 e. The Labute approximate surface area is 57.7 Å². The second kappa shape index (κ2) is 2.47. The minimum absolute atomic E-state index is 0.00981. The summed E-state index contributed by atoms with van der Waals surface area (Å²) >= 11 is 0. The van der Waals surface area contributed by atoms with E-state index in [1.807, 2.05) is 0 Å². The van der Waals surface area contributed by atoms with Crippen LogP contribution in [0, 0.1) is 0 Å². The molecule has 0 bridgehead atoms. The number of carbonyl (C=O) groups excluding carboxylic acids is 2. The molecule has 0 aromatic carbocycles. The van der Waals surface area contributed by atoms with Gasteiger partial charge >= 0.3 is 0 Å². The number of Topliss-reactive ketones (excluding diaryl/α,β-unsaturated/α-hetero) is 1. The summed E-state index contributed by atoms with van der Waals surface area (Å²) < 4.78 is 0. The van der Waals surface area contributed by atoms with E-state index in [0.717, 1.165) is 0 Å². The zero-order valence-electron chi connectivity index (χ0n) is 5.20. The summed E-state index contributed by atoms with van der Waals surface area (Å²) in [7, 11) is 0. The topological polar surface area (TPSA) is 54.4 Å². The first-order valence-corrected chi connectivity index (χ1v) is 2.82. The van der Waals surface area contributed by atoms with E-state index in [4.69, 9.17) is 5.11 Å². The van der Waals surface area contributed by atoms with E-state index >= 15 is 0 Å². The van der Waals surface area contributed by atoms with Crippen LogP contribution in [0.25, 0.3) is 0 Å². The zero-order valence-corrected chi connectivity index (χ0v) is 5.20. The molecule has 0 aromatic heterocycles. The predicted octanol–water partition coefficient (Wildman–Crippen LogP) is 0.526. The van der Waals surface area contributed by atoms with Crippen LogP contribution in [-0.4, -0.2) is 17.2 Å². The highest BCUT2D eigenvalue weighted by Gasteiger charge is 2.13. The fourth-order valence-corrected chi connectivity index (χ4v) is 0.709. The van der Waals surface area contributed by atoms with E-state index < -0.39 is 0 Å². The van der Waals surface area contributed by atoms with Gasteiger partial charge in [-0.3, -0.25) is 9.59 Å². The van der Waals surface area contributed by atoms with Crippen LogP contribution >= 0.6 is 0 Å². The monoisotopic (exact) mass is 138 g/mol. The minimum Gasteiger partial charge on any atom is -0.512 e. The van der Waals surface area contributed by atoms with Gasteiger partial charge in [-0.25, -0.2) is 0 Å². The van der Waals surface area contributed by atoms with Crippen molar-refractivity contribution < 1.29 is 14.7 Å². The lowest BCUT2D eigenvalue weighted by Gasteiger charge is -2.02. The number of aliphatic hydroxyl groups is 1. The molecule has 0 aliphatic heterocycles. The molecule has 0 aromatic rings. The van der Waals surface area contributed by atoms with Gasteiger partial charge in [0.1, 0.15) is 0 Å². The number of carbonyl (C=O) groups is 2. The van der Waals surface area contributed by atoms with Gasteiger partial charge in [0, 0.05) is 0 Å². The van der Waals surface area contributed by atoms with Crippen molar-refractivity contribution in [3.63, 3.8) is 0 Å². The van der Waals surface area contributed by atoms with Crippen molar-refractivity contribution >= 4 is 12.1 Å². The summed E-state index contributed by atoms with van der Waals surface area (Å²) in [5, 5.41) is 8.77. The molecule has 0 heterocycles. The third kappa shape index (κ3) is 1.13. The molecule has 0 fully saturated rings. The SMILES string of the molecule is O=CC1=CC=C(O)CC1=O. The van der Waals surface area contributed by atoms with Gasteiger partial charge in [0.15, 0.2) is 12.1 Å². The predicted molar refractivity (Wildman–Crippen MR) is 34.5 cm³/mol. The lowest BCUT2D eigenvalue weighted by molar-refractivity contribution is -0.117. The third-order valence-electron chi connectivity index (χ3n) is 1.25. The molecule has 1 rings (SSSR count). The molecule has 0 atom stereocenters. The van der Waals surface area contributed by atoms with Crippen molar-refractivity contribution in [2.45, 2.75) is 6.42 Å². The van der Waals surface area contributed by atoms with Crippen LogP contribution < -0.4 is 0 Å². The van der Waals surface area contributed by atoms with Gasteiger partial charge in [-0.2, -0.15) is 0 Å². The van der Waals surface area contributed by atoms with Crippen molar-refractivity contribution in [1.29, 1.82) is 0 Å². The highest BCUT2D eigenvalue weighted by molar-refractivity contribution is 6.13. The average Bonchev–Trinajstić information content (AvgIpc) is 1.88. The van der Waals surface area contributed by atoms with E-state index in [1.165, 1.54) is 12.2 Å². The fraction of sp³-hybridized carbons (Fsp3) is 0.143. The molecule has 10 heavy (non-hydrogen) atoms. The molecule has 0 spiro atoms. The highest BCUT2D eigenvalue weighted by Crippen LogP contribution is 2.10. The Hall–Kier alpha value is -1.38. The van der Waals surface area contributed by atoms with Crippen molar-refractivity contribution in [2.75, 3.05) is 0 Å². The molecule has 0 radical (unpaired) electrons. The van der Waals surface area contributed by atoms with Gasteiger partial charge in [0.2, 0.25) is 0 Å². The van der Waals surface area contributed by atoms with Gasteiger partial charge in [0.05, 0.1) is 17.8 Å². The summed E-state index contributed by atoms with van der Waals surface area (Å²) in [6, 6.07) is 0. The van der Waals surface area contributed by atoms with Crippen molar-refractivity contribution in [1.82, 2.24) is 0 Å². The van der Waals surface area contributed by atoms with Crippen molar-refractivity contribution in [2.24, 2.45) is 0 Å². The molecular formula is C7H6O3. The van der Waals surface area contributed by atoms with Crippen molar-refractivity contribution in [3.05, 3.63) is 23.5 Å². The molecule has 3 nitrogen and oxygen atoms in total. The Balaban J connectivity index is 2.92. The number of ketones is 1. The van der Waals surface area contributed by atoms with Crippen LogP contribution in [0.2, 0.25) is 0 Å². The van der Waals surface area contributed by atoms with Crippen LogP contribution in [0.3, 0.4) is 0 Å². The smallest absolute Gasteiger partial charge is 0.173 e. The maximum atomic E-state index is 10.7. The molecule has 0 saturated carbocycles. The lowest BCUT2D eigenvalue weighted by atomic mass is 10.0. The fourth-order valence-electron chi connectivity index (χ4n) is 0.709. The first-order valence-electron chi connectivity index (χ1n) is 2.82. The molecule has 1 N–H and O–H groups in total. The van der Waals surface area contributed by atoms with Crippen LogP contribution in [0.15, 0.2) is 23.5 Å². The van der Waals surface area contributed by atoms with Gasteiger partial charge in [-0.05, 0) is 12.2 Å². The number of allylic oxidation sites excluding steroid dienone is 4. The number of rotatable bonds is 1. The van der Waals surface area contributed by atoms with E-state index in [-0.39, 0.29) is 23.5 Å². The Morgan fingerprint density at radius 3 is 2.70 bits per heavy atom. The number of hydrogen-bond acceptors (Lipinski definition) is 3. The molecular weight excluding hydrogens is 132 g/mol. The standard InChI is InChI=1S/C7H6O3/c8-4-5-1-2-6(9)3-7(5)10/h1-2,4,9H,3H2. The van der Waals surface area contributed by atoms with Crippen LogP contribution in [0.4, 0.5) is 0 Å². The molecule has 0 unspecified atom stereocenters. The quantitative estimate of drug-likeness (QED) is 0.424. The second-order valence-electron chi connectivity index (χ2n) is 2.00. The zero-order chi connectivity index (χ0) is 7.56. The molecule has 52 valence electrons. The van der Waals surface area contributed by atoms with Crippen molar-refractivity contribution in [3.8, 4) is 0 Å². The van der Waals surface area contributed by atoms with Gasteiger partial charge in [0.25, 0.3) is 0 Å². The minimum atomic E-state index is -0.324. The van der Waals surface area contributed by atoms with Gasteiger partial charge in [-0.1, -0.05) is 0 Å². The van der Waals surface area contributed by atoms with E-state index in [2.05, 4.69) is 0 Å². The van der Waals surface area contributed by atoms with Gasteiger partial charge in [-0.15, -0.1) is 0 Å². The van der Waals surface area contributed by atoms with E-state index in [1.54, 1.807) is 0 Å². The number of aliphatic hydroxyl groups excluding tert-OH is 1. The Kier molecular flexibility index (Phi) is 1.67. The highest BCUT2D eigenvalue weighted by atomic mass is 16.3. The number of hydrogen-bond donors (Lipinski definition) is 1. The summed E-state index contributed by atoms with van der Waals surface area (Å²) in [6.07, 6.45) is 3.11. The largest absolute Gasteiger partial charge is 0.512 e. The van der Waals surface area contributed by atoms with Gasteiger partial charge < -0.3 is 5.11 Å². The maximum absolute atomic E-state index is 10.7. The van der Waals surface area contributed by atoms with Crippen LogP contribution in [-0.2, 0) is 9.59 Å². The normalized spacial score (nSPS) is 17.8. The summed E-state index contributed by atoms with van der Waals surface area (Å²) in [6.45, 7) is 0.